The molecule has 2 heterocycles. The topological polar surface area (TPSA) is 62.2 Å². The molecule has 2 aromatic rings. The molecule has 0 unspecified atom stereocenters. The molecule has 1 aromatic carbocycles. The van der Waals surface area contributed by atoms with E-state index in [0.717, 1.165) is 31.6 Å². The van der Waals surface area contributed by atoms with Gasteiger partial charge in [-0.05, 0) is 42.0 Å². The first kappa shape index (κ1) is 19.3. The van der Waals surface area contributed by atoms with Crippen LogP contribution >= 0.6 is 0 Å². The highest BCUT2D eigenvalue weighted by Gasteiger charge is 2.21. The van der Waals surface area contributed by atoms with Crippen LogP contribution in [0.4, 0.5) is 10.5 Å². The Morgan fingerprint density at radius 2 is 1.81 bits per heavy atom. The number of anilines is 1. The van der Waals surface area contributed by atoms with Crippen molar-refractivity contribution in [1.29, 1.82) is 0 Å². The Labute approximate surface area is 161 Å². The number of carbonyl (C=O) groups is 1. The van der Waals surface area contributed by atoms with E-state index in [2.05, 4.69) is 65.7 Å². The van der Waals surface area contributed by atoms with E-state index in [1.807, 2.05) is 13.1 Å². The smallest absolute Gasteiger partial charge is 0.315 e. The van der Waals surface area contributed by atoms with Gasteiger partial charge in [0.2, 0.25) is 0 Å². The zero-order valence-electron chi connectivity index (χ0n) is 16.8. The van der Waals surface area contributed by atoms with Gasteiger partial charge in [0.15, 0.2) is 0 Å². The van der Waals surface area contributed by atoms with Crippen LogP contribution < -0.4 is 15.5 Å². The molecule has 6 heteroatoms. The lowest BCUT2D eigenvalue weighted by Gasteiger charge is -2.34. The van der Waals surface area contributed by atoms with E-state index in [9.17, 15) is 4.79 Å². The van der Waals surface area contributed by atoms with E-state index in [0.29, 0.717) is 6.54 Å². The van der Waals surface area contributed by atoms with Crippen LogP contribution in [-0.4, -0.2) is 34.9 Å². The number of aromatic nitrogens is 2. The molecule has 1 fully saturated rings. The monoisotopic (exact) mass is 369 g/mol. The third-order valence-corrected chi connectivity index (χ3v) is 5.28. The zero-order chi connectivity index (χ0) is 19.4. The molecular weight excluding hydrogens is 338 g/mol. The van der Waals surface area contributed by atoms with E-state index in [4.69, 9.17) is 0 Å². The van der Waals surface area contributed by atoms with E-state index in [-0.39, 0.29) is 17.5 Å². The van der Waals surface area contributed by atoms with E-state index in [1.54, 1.807) is 10.9 Å². The van der Waals surface area contributed by atoms with Crippen molar-refractivity contribution in [3.8, 4) is 0 Å². The second-order valence-corrected chi connectivity index (χ2v) is 8.33. The van der Waals surface area contributed by atoms with Crippen molar-refractivity contribution in [1.82, 2.24) is 20.4 Å². The number of aryl methyl sites for hydroxylation is 1. The first-order valence-electron chi connectivity index (χ1n) is 9.69. The highest BCUT2D eigenvalue weighted by atomic mass is 16.2. The normalized spacial score (nSPS) is 15.6. The summed E-state index contributed by atoms with van der Waals surface area (Å²) in [6, 6.07) is 10.9. The van der Waals surface area contributed by atoms with Gasteiger partial charge in [-0.1, -0.05) is 32.9 Å². The van der Waals surface area contributed by atoms with E-state index < -0.39 is 0 Å². The van der Waals surface area contributed by atoms with Gasteiger partial charge >= 0.3 is 6.03 Å². The Kier molecular flexibility index (Phi) is 5.73. The van der Waals surface area contributed by atoms with Crippen molar-refractivity contribution in [3.63, 3.8) is 0 Å². The van der Waals surface area contributed by atoms with Gasteiger partial charge in [-0.3, -0.25) is 4.68 Å². The van der Waals surface area contributed by atoms with Gasteiger partial charge in [0.05, 0.1) is 12.2 Å². The third kappa shape index (κ3) is 5.02. The summed E-state index contributed by atoms with van der Waals surface area (Å²) in [5.41, 5.74) is 3.78. The van der Waals surface area contributed by atoms with E-state index >= 15 is 0 Å². The number of hydrogen-bond acceptors (Lipinski definition) is 3. The molecule has 0 saturated carbocycles. The summed E-state index contributed by atoms with van der Waals surface area (Å²) >= 11 is 0. The Hall–Kier alpha value is -2.50. The minimum atomic E-state index is -0.107. The van der Waals surface area contributed by atoms with Crippen molar-refractivity contribution >= 4 is 11.7 Å². The molecule has 3 rings (SSSR count). The first-order valence-corrected chi connectivity index (χ1v) is 9.69. The summed E-state index contributed by atoms with van der Waals surface area (Å²) in [7, 11) is 1.87. The molecule has 146 valence electrons. The number of benzene rings is 1. The standard InChI is InChI=1S/C21H31N5O/c1-21(2,3)16-5-7-18(8-6-16)26-13-10-17(11-14-26)24-20(27)22-15-19-9-12-23-25(19)4/h5-9,12,17H,10-11,13-15H2,1-4H3,(H2,22,24,27). The van der Waals surface area contributed by atoms with Crippen LogP contribution in [0.15, 0.2) is 36.5 Å². The van der Waals surface area contributed by atoms with Crippen LogP contribution in [0.3, 0.4) is 0 Å². The Bertz CT molecular complexity index is 752. The maximum Gasteiger partial charge on any atom is 0.315 e. The van der Waals surface area contributed by atoms with Gasteiger partial charge in [0.25, 0.3) is 0 Å². The van der Waals surface area contributed by atoms with Crippen molar-refractivity contribution in [2.75, 3.05) is 18.0 Å². The molecule has 0 bridgehead atoms. The predicted octanol–water partition coefficient (Wildman–Crippen LogP) is 3.19. The fraction of sp³-hybridized carbons (Fsp3) is 0.524. The second kappa shape index (κ2) is 8.03. The fourth-order valence-corrected chi connectivity index (χ4v) is 3.44. The summed E-state index contributed by atoms with van der Waals surface area (Å²) in [4.78, 5) is 14.5. The van der Waals surface area contributed by atoms with E-state index in [1.165, 1.54) is 11.3 Å². The minimum Gasteiger partial charge on any atom is -0.371 e. The van der Waals surface area contributed by atoms with Gasteiger partial charge in [-0.15, -0.1) is 0 Å². The number of carbonyl (C=O) groups excluding carboxylic acids is 1. The van der Waals surface area contributed by atoms with Gasteiger partial charge in [-0.25, -0.2) is 4.79 Å². The number of piperidine rings is 1. The Balaban J connectivity index is 1.44. The highest BCUT2D eigenvalue weighted by Crippen LogP contribution is 2.26. The molecule has 27 heavy (non-hydrogen) atoms. The van der Waals surface area contributed by atoms with Crippen LogP contribution in [0.2, 0.25) is 0 Å². The zero-order valence-corrected chi connectivity index (χ0v) is 16.8. The summed E-state index contributed by atoms with van der Waals surface area (Å²) in [5.74, 6) is 0. The van der Waals surface area contributed by atoms with Gasteiger partial charge in [-0.2, -0.15) is 5.10 Å². The number of nitrogens with one attached hydrogen (secondary N) is 2. The molecule has 0 spiro atoms. The number of rotatable bonds is 4. The third-order valence-electron chi connectivity index (χ3n) is 5.28. The molecule has 1 aliphatic heterocycles. The lowest BCUT2D eigenvalue weighted by molar-refractivity contribution is 0.233. The molecule has 0 aliphatic carbocycles. The molecular formula is C21H31N5O. The molecule has 6 nitrogen and oxygen atoms in total. The molecule has 2 N–H and O–H groups in total. The molecule has 1 aliphatic rings. The lowest BCUT2D eigenvalue weighted by Crippen LogP contribution is -2.47. The average molecular weight is 370 g/mol. The average Bonchev–Trinajstić information content (AvgIpc) is 3.05. The summed E-state index contributed by atoms with van der Waals surface area (Å²) < 4.78 is 1.77. The van der Waals surface area contributed by atoms with Gasteiger partial charge < -0.3 is 15.5 Å². The van der Waals surface area contributed by atoms with Crippen LogP contribution in [0.25, 0.3) is 0 Å². The fourth-order valence-electron chi connectivity index (χ4n) is 3.44. The summed E-state index contributed by atoms with van der Waals surface area (Å²) in [5, 5.41) is 10.1. The molecule has 1 aromatic heterocycles. The Morgan fingerprint density at radius 1 is 1.15 bits per heavy atom. The van der Waals surface area contributed by atoms with Crippen LogP contribution in [0.5, 0.6) is 0 Å². The maximum absolute atomic E-state index is 12.1. The predicted molar refractivity (Wildman–Crippen MR) is 109 cm³/mol. The second-order valence-electron chi connectivity index (χ2n) is 8.33. The molecule has 0 radical (unpaired) electrons. The van der Waals surface area contributed by atoms with Crippen LogP contribution in [-0.2, 0) is 19.0 Å². The van der Waals surface area contributed by atoms with Crippen molar-refractivity contribution in [2.24, 2.45) is 7.05 Å². The van der Waals surface area contributed by atoms with Gasteiger partial charge in [0, 0.05) is 38.1 Å². The first-order chi connectivity index (χ1) is 12.8. The number of urea groups is 1. The SMILES string of the molecule is Cn1nccc1CNC(=O)NC1CCN(c2ccc(C(C)(C)C)cc2)CC1. The highest BCUT2D eigenvalue weighted by molar-refractivity contribution is 5.74. The number of amides is 2. The van der Waals surface area contributed by atoms with Gasteiger partial charge in [0.1, 0.15) is 0 Å². The summed E-state index contributed by atoms with van der Waals surface area (Å²) in [6.45, 7) is 9.11. The van der Waals surface area contributed by atoms with Crippen molar-refractivity contribution in [3.05, 3.63) is 47.8 Å². The van der Waals surface area contributed by atoms with Crippen molar-refractivity contribution < 1.29 is 4.79 Å². The number of nitrogens with zero attached hydrogens (tertiary/aromatic N) is 3. The Morgan fingerprint density at radius 3 is 2.37 bits per heavy atom. The quantitative estimate of drug-likeness (QED) is 0.870. The largest absolute Gasteiger partial charge is 0.371 e. The molecule has 0 atom stereocenters. The lowest BCUT2D eigenvalue weighted by atomic mass is 9.87. The number of hydrogen-bond donors (Lipinski definition) is 2. The maximum atomic E-state index is 12.1. The molecule has 1 saturated heterocycles. The van der Waals surface area contributed by atoms with Crippen LogP contribution in [0, 0.1) is 0 Å². The van der Waals surface area contributed by atoms with Crippen molar-refractivity contribution in [2.45, 2.75) is 51.6 Å². The minimum absolute atomic E-state index is 0.107. The summed E-state index contributed by atoms with van der Waals surface area (Å²) in [6.07, 6.45) is 3.65. The van der Waals surface area contributed by atoms with Crippen LogP contribution in [0.1, 0.15) is 44.9 Å². The molecule has 2 amide bonds.